The summed E-state index contributed by atoms with van der Waals surface area (Å²) in [6.07, 6.45) is -0.354. The van der Waals surface area contributed by atoms with Crippen LogP contribution in [0.2, 0.25) is 0 Å². The van der Waals surface area contributed by atoms with E-state index in [1.165, 1.54) is 28.7 Å². The first-order valence-electron chi connectivity index (χ1n) is 11.3. The fourth-order valence-electron chi connectivity index (χ4n) is 4.13. The lowest BCUT2D eigenvalue weighted by atomic mass is 9.92. The van der Waals surface area contributed by atoms with E-state index in [4.69, 9.17) is 9.47 Å². The normalized spacial score (nSPS) is 12.4. The molecule has 0 radical (unpaired) electrons. The summed E-state index contributed by atoms with van der Waals surface area (Å²) >= 11 is 0. The van der Waals surface area contributed by atoms with Crippen molar-refractivity contribution in [2.24, 2.45) is 0 Å². The molecule has 0 saturated heterocycles. The van der Waals surface area contributed by atoms with Gasteiger partial charge in [-0.25, -0.2) is 9.59 Å². The lowest BCUT2D eigenvalue weighted by molar-refractivity contribution is -0.143. The minimum absolute atomic E-state index is 0.296. The Morgan fingerprint density at radius 2 is 1.47 bits per heavy atom. The van der Waals surface area contributed by atoms with Crippen molar-refractivity contribution in [1.82, 2.24) is 5.32 Å². The number of amides is 1. The molecule has 4 aromatic rings. The Morgan fingerprint density at radius 3 is 2.12 bits per heavy atom. The first-order chi connectivity index (χ1) is 16.2. The molecule has 0 aliphatic heterocycles. The van der Waals surface area contributed by atoms with Crippen LogP contribution in [0.1, 0.15) is 26.3 Å². The zero-order chi connectivity index (χ0) is 24.3. The number of alkyl carbamates (subject to hydrolysis) is 1. The molecule has 1 amide bonds. The highest BCUT2D eigenvalue weighted by molar-refractivity contribution is 6.13. The Bertz CT molecular complexity index is 1340. The first kappa shape index (κ1) is 23.3. The minimum Gasteiger partial charge on any atom is -0.467 e. The highest BCUT2D eigenvalue weighted by atomic mass is 16.6. The van der Waals surface area contributed by atoms with E-state index >= 15 is 0 Å². The van der Waals surface area contributed by atoms with Gasteiger partial charge in [0, 0.05) is 6.42 Å². The van der Waals surface area contributed by atoms with Crippen LogP contribution in [-0.2, 0) is 20.7 Å². The molecular weight excluding hydrogens is 426 g/mol. The van der Waals surface area contributed by atoms with Gasteiger partial charge in [-0.15, -0.1) is 0 Å². The number of fused-ring (bicyclic) bond motifs is 3. The van der Waals surface area contributed by atoms with E-state index < -0.39 is 23.7 Å². The molecule has 5 nitrogen and oxygen atoms in total. The molecule has 0 aromatic heterocycles. The fraction of sp³-hybridized carbons (Fsp3) is 0.241. The van der Waals surface area contributed by atoms with Crippen molar-refractivity contribution in [3.8, 4) is 11.1 Å². The quantitative estimate of drug-likeness (QED) is 0.285. The van der Waals surface area contributed by atoms with Gasteiger partial charge in [-0.1, -0.05) is 72.8 Å². The molecule has 5 heteroatoms. The molecule has 0 fully saturated rings. The van der Waals surface area contributed by atoms with Gasteiger partial charge in [-0.3, -0.25) is 0 Å². The SMILES string of the molecule is COC(=O)[C@H](Cc1ccc(-c2cc3ccccc3c3ccccc23)cc1)NC(=O)OC(C)(C)C. The van der Waals surface area contributed by atoms with E-state index in [1.54, 1.807) is 20.8 Å². The Hall–Kier alpha value is -3.86. The van der Waals surface area contributed by atoms with Crippen LogP contribution in [0, 0.1) is 0 Å². The Kier molecular flexibility index (Phi) is 6.55. The van der Waals surface area contributed by atoms with Crippen molar-refractivity contribution >= 4 is 33.6 Å². The second-order valence-corrected chi connectivity index (χ2v) is 9.31. The minimum atomic E-state index is -0.841. The zero-order valence-corrected chi connectivity index (χ0v) is 19.9. The molecule has 0 aliphatic carbocycles. The Balaban J connectivity index is 1.62. The summed E-state index contributed by atoms with van der Waals surface area (Å²) < 4.78 is 10.2. The van der Waals surface area contributed by atoms with Gasteiger partial charge in [0.15, 0.2) is 0 Å². The average molecular weight is 456 g/mol. The molecule has 4 rings (SSSR count). The highest BCUT2D eigenvalue weighted by Crippen LogP contribution is 2.34. The number of benzene rings is 4. The summed E-state index contributed by atoms with van der Waals surface area (Å²) in [5.74, 6) is -0.518. The molecule has 0 bridgehead atoms. The van der Waals surface area contributed by atoms with E-state index in [-0.39, 0.29) is 0 Å². The zero-order valence-electron chi connectivity index (χ0n) is 19.9. The average Bonchev–Trinajstić information content (AvgIpc) is 2.82. The lowest BCUT2D eigenvalue weighted by Gasteiger charge is -2.22. The number of carbonyl (C=O) groups excluding carboxylic acids is 2. The molecule has 0 saturated carbocycles. The molecule has 1 atom stereocenters. The molecule has 0 unspecified atom stereocenters. The summed E-state index contributed by atoms with van der Waals surface area (Å²) in [6.45, 7) is 5.32. The van der Waals surface area contributed by atoms with Crippen LogP contribution < -0.4 is 5.32 Å². The Labute approximate surface area is 199 Å². The number of rotatable bonds is 5. The second-order valence-electron chi connectivity index (χ2n) is 9.31. The molecule has 174 valence electrons. The maximum atomic E-state index is 12.3. The van der Waals surface area contributed by atoms with Crippen molar-refractivity contribution in [2.75, 3.05) is 7.11 Å². The van der Waals surface area contributed by atoms with Crippen LogP contribution in [-0.4, -0.2) is 30.8 Å². The number of ether oxygens (including phenoxy) is 2. The third kappa shape index (κ3) is 5.20. The largest absolute Gasteiger partial charge is 0.467 e. The molecular formula is C29H29NO4. The van der Waals surface area contributed by atoms with Crippen LogP contribution in [0.3, 0.4) is 0 Å². The van der Waals surface area contributed by atoms with Gasteiger partial charge in [0.05, 0.1) is 7.11 Å². The molecule has 0 spiro atoms. The number of carbonyl (C=O) groups is 2. The predicted octanol–water partition coefficient (Wildman–Crippen LogP) is 6.27. The molecule has 0 heterocycles. The van der Waals surface area contributed by atoms with Crippen molar-refractivity contribution in [3.05, 3.63) is 84.4 Å². The van der Waals surface area contributed by atoms with Crippen molar-refractivity contribution < 1.29 is 19.1 Å². The van der Waals surface area contributed by atoms with Crippen LogP contribution >= 0.6 is 0 Å². The lowest BCUT2D eigenvalue weighted by Crippen LogP contribution is -2.45. The standard InChI is InChI=1S/C29H29NO4/c1-29(2,3)34-28(32)30-26(27(31)33-4)17-19-13-15-20(16-14-19)25-18-21-9-5-6-10-22(21)23-11-7-8-12-24(23)25/h5-16,18,26H,17H2,1-4H3,(H,30,32)/t26-/m0/s1. The van der Waals surface area contributed by atoms with E-state index in [1.807, 2.05) is 24.3 Å². The Morgan fingerprint density at radius 1 is 0.853 bits per heavy atom. The summed E-state index contributed by atoms with van der Waals surface area (Å²) in [7, 11) is 1.31. The maximum Gasteiger partial charge on any atom is 0.408 e. The van der Waals surface area contributed by atoms with Gasteiger partial charge in [0.25, 0.3) is 0 Å². The molecule has 4 aromatic carbocycles. The van der Waals surface area contributed by atoms with Crippen LogP contribution in [0.25, 0.3) is 32.7 Å². The molecule has 1 N–H and O–H groups in total. The van der Waals surface area contributed by atoms with Gasteiger partial charge in [-0.05, 0) is 65.1 Å². The number of hydrogen-bond acceptors (Lipinski definition) is 4. The van der Waals surface area contributed by atoms with E-state index in [2.05, 4.69) is 59.9 Å². The summed E-state index contributed by atoms with van der Waals surface area (Å²) in [6, 6.07) is 26.2. The number of esters is 1. The topological polar surface area (TPSA) is 64.6 Å². The van der Waals surface area contributed by atoms with Crippen LogP contribution in [0.5, 0.6) is 0 Å². The van der Waals surface area contributed by atoms with Crippen LogP contribution in [0.4, 0.5) is 4.79 Å². The summed E-state index contributed by atoms with van der Waals surface area (Å²) in [5.41, 5.74) is 2.48. The van der Waals surface area contributed by atoms with E-state index in [9.17, 15) is 9.59 Å². The summed E-state index contributed by atoms with van der Waals surface area (Å²) in [4.78, 5) is 24.5. The highest BCUT2D eigenvalue weighted by Gasteiger charge is 2.25. The van der Waals surface area contributed by atoms with Gasteiger partial charge >= 0.3 is 12.1 Å². The third-order valence-corrected chi connectivity index (χ3v) is 5.65. The first-order valence-corrected chi connectivity index (χ1v) is 11.3. The number of hydrogen-bond donors (Lipinski definition) is 1. The van der Waals surface area contributed by atoms with Gasteiger partial charge in [0.2, 0.25) is 0 Å². The monoisotopic (exact) mass is 455 g/mol. The number of nitrogens with one attached hydrogen (secondary N) is 1. The predicted molar refractivity (Wildman–Crippen MR) is 136 cm³/mol. The van der Waals surface area contributed by atoms with Crippen LogP contribution in [0.15, 0.2) is 78.9 Å². The maximum absolute atomic E-state index is 12.3. The van der Waals surface area contributed by atoms with Gasteiger partial charge in [-0.2, -0.15) is 0 Å². The fourth-order valence-corrected chi connectivity index (χ4v) is 4.13. The van der Waals surface area contributed by atoms with Gasteiger partial charge in [0.1, 0.15) is 11.6 Å². The second kappa shape index (κ2) is 9.56. The molecule has 0 aliphatic rings. The van der Waals surface area contributed by atoms with E-state index in [0.29, 0.717) is 6.42 Å². The molecule has 34 heavy (non-hydrogen) atoms. The van der Waals surface area contributed by atoms with Crippen molar-refractivity contribution in [1.29, 1.82) is 0 Å². The van der Waals surface area contributed by atoms with Crippen molar-refractivity contribution in [3.63, 3.8) is 0 Å². The smallest absolute Gasteiger partial charge is 0.408 e. The third-order valence-electron chi connectivity index (χ3n) is 5.65. The van der Waals surface area contributed by atoms with E-state index in [0.717, 1.165) is 16.7 Å². The van der Waals surface area contributed by atoms with Crippen molar-refractivity contribution in [2.45, 2.75) is 38.8 Å². The summed E-state index contributed by atoms with van der Waals surface area (Å²) in [5, 5.41) is 7.45. The van der Waals surface area contributed by atoms with Gasteiger partial charge < -0.3 is 14.8 Å². The number of methoxy groups -OCH3 is 1.